The highest BCUT2D eigenvalue weighted by atomic mass is 127. The Balaban J connectivity index is 1.81. The quantitative estimate of drug-likeness (QED) is 0.829. The first-order valence-corrected chi connectivity index (χ1v) is 7.10. The highest BCUT2D eigenvalue weighted by Crippen LogP contribution is 2.34. The van der Waals surface area contributed by atoms with Crippen LogP contribution >= 0.6 is 22.6 Å². The Labute approximate surface area is 125 Å². The van der Waals surface area contributed by atoms with Gasteiger partial charge in [0.15, 0.2) is 0 Å². The minimum absolute atomic E-state index is 0.0194. The molecule has 1 aliphatic rings. The van der Waals surface area contributed by atoms with Crippen LogP contribution in [0, 0.1) is 3.57 Å². The van der Waals surface area contributed by atoms with Crippen molar-refractivity contribution in [3.05, 3.63) is 57.7 Å². The van der Waals surface area contributed by atoms with Gasteiger partial charge in [0, 0.05) is 9.13 Å². The van der Waals surface area contributed by atoms with E-state index in [9.17, 15) is 4.79 Å². The van der Waals surface area contributed by atoms with E-state index in [1.807, 2.05) is 48.5 Å². The lowest BCUT2D eigenvalue weighted by Crippen LogP contribution is -2.22. The second kappa shape index (κ2) is 5.21. The number of benzene rings is 2. The van der Waals surface area contributed by atoms with E-state index >= 15 is 0 Å². The van der Waals surface area contributed by atoms with Gasteiger partial charge in [-0.05, 0) is 40.8 Å². The maximum Gasteiger partial charge on any atom is 0.235 e. The van der Waals surface area contributed by atoms with E-state index in [1.54, 1.807) is 0 Å². The number of fused-ring (bicyclic) bond motifs is 1. The van der Waals surface area contributed by atoms with Gasteiger partial charge in [0.1, 0.15) is 18.3 Å². The third-order valence-corrected chi connectivity index (χ3v) is 4.09. The van der Waals surface area contributed by atoms with E-state index in [2.05, 4.69) is 27.9 Å². The molecule has 96 valence electrons. The van der Waals surface area contributed by atoms with E-state index < -0.39 is 0 Å². The van der Waals surface area contributed by atoms with Gasteiger partial charge in [-0.25, -0.2) is 0 Å². The van der Waals surface area contributed by atoms with Crippen molar-refractivity contribution in [3.8, 4) is 5.75 Å². The summed E-state index contributed by atoms with van der Waals surface area (Å²) in [4.78, 5) is 12.3. The van der Waals surface area contributed by atoms with E-state index in [0.717, 1.165) is 20.6 Å². The zero-order valence-electron chi connectivity index (χ0n) is 10.1. The second-order valence-electron chi connectivity index (χ2n) is 4.37. The fourth-order valence-corrected chi connectivity index (χ4v) is 2.68. The zero-order valence-corrected chi connectivity index (χ0v) is 12.3. The van der Waals surface area contributed by atoms with Crippen LogP contribution in [0.5, 0.6) is 5.75 Å². The number of carbonyl (C=O) groups is 1. The van der Waals surface area contributed by atoms with Crippen molar-refractivity contribution in [1.29, 1.82) is 0 Å². The summed E-state index contributed by atoms with van der Waals surface area (Å²) in [5.74, 6) is 0.562. The van der Waals surface area contributed by atoms with Crippen LogP contribution in [0.4, 0.5) is 5.69 Å². The van der Waals surface area contributed by atoms with Gasteiger partial charge in [0.05, 0.1) is 5.69 Å². The van der Waals surface area contributed by atoms with Crippen LogP contribution in [0.15, 0.2) is 48.5 Å². The monoisotopic (exact) mass is 365 g/mol. The molecule has 0 saturated heterocycles. The normalized spacial score (nSPS) is 16.6. The van der Waals surface area contributed by atoms with Gasteiger partial charge >= 0.3 is 0 Å². The first kappa shape index (κ1) is 12.5. The number of ether oxygens (including phenoxy) is 1. The van der Waals surface area contributed by atoms with Crippen molar-refractivity contribution in [2.75, 3.05) is 11.9 Å². The third-order valence-electron chi connectivity index (χ3n) is 3.15. The number of amides is 1. The van der Waals surface area contributed by atoms with Crippen LogP contribution in [-0.4, -0.2) is 12.5 Å². The molecule has 4 heteroatoms. The predicted molar refractivity (Wildman–Crippen MR) is 82.5 cm³/mol. The van der Waals surface area contributed by atoms with Crippen molar-refractivity contribution >= 4 is 34.2 Å². The lowest BCUT2D eigenvalue weighted by molar-refractivity contribution is -0.117. The maximum atomic E-state index is 12.3. The van der Waals surface area contributed by atoms with Crippen molar-refractivity contribution in [2.24, 2.45) is 0 Å². The summed E-state index contributed by atoms with van der Waals surface area (Å²) in [7, 11) is 0. The number of rotatable bonds is 2. The van der Waals surface area contributed by atoms with Crippen LogP contribution in [0.25, 0.3) is 0 Å². The van der Waals surface area contributed by atoms with Crippen molar-refractivity contribution in [3.63, 3.8) is 0 Å². The molecule has 1 unspecified atom stereocenters. The lowest BCUT2D eigenvalue weighted by atomic mass is 10.0. The summed E-state index contributed by atoms with van der Waals surface area (Å²) in [6, 6.07) is 15.4. The van der Waals surface area contributed by atoms with E-state index in [0.29, 0.717) is 6.61 Å². The summed E-state index contributed by atoms with van der Waals surface area (Å²) < 4.78 is 6.57. The molecule has 2 aromatic rings. The highest BCUT2D eigenvalue weighted by Gasteiger charge is 2.30. The zero-order chi connectivity index (χ0) is 13.2. The van der Waals surface area contributed by atoms with E-state index in [-0.39, 0.29) is 11.8 Å². The molecular formula is C15H12INO2. The van der Waals surface area contributed by atoms with Gasteiger partial charge in [0.2, 0.25) is 5.91 Å². The Morgan fingerprint density at radius 2 is 1.89 bits per heavy atom. The van der Waals surface area contributed by atoms with Crippen molar-refractivity contribution in [1.82, 2.24) is 0 Å². The van der Waals surface area contributed by atoms with E-state index in [4.69, 9.17) is 4.74 Å². The smallest absolute Gasteiger partial charge is 0.235 e. The minimum Gasteiger partial charge on any atom is -0.492 e. The van der Waals surface area contributed by atoms with Crippen LogP contribution < -0.4 is 10.1 Å². The number of hydrogen-bond donors (Lipinski definition) is 1. The average Bonchev–Trinajstić information content (AvgIpc) is 2.85. The molecule has 1 N–H and O–H groups in total. The SMILES string of the molecule is O=C(Nc1ccccc1I)C1COc2ccccc21. The van der Waals surface area contributed by atoms with Crippen molar-refractivity contribution in [2.45, 2.75) is 5.92 Å². The standard InChI is InChI=1S/C15H12INO2/c16-12-6-2-3-7-13(12)17-15(18)11-9-19-14-8-4-1-5-10(11)14/h1-8,11H,9H2,(H,17,18). The summed E-state index contributed by atoms with van der Waals surface area (Å²) in [6.45, 7) is 0.411. The predicted octanol–water partition coefficient (Wildman–Crippen LogP) is 3.41. The van der Waals surface area contributed by atoms with Crippen LogP contribution in [0.2, 0.25) is 0 Å². The van der Waals surface area contributed by atoms with Gasteiger partial charge in [-0.2, -0.15) is 0 Å². The van der Waals surface area contributed by atoms with Crippen LogP contribution in [-0.2, 0) is 4.79 Å². The average molecular weight is 365 g/mol. The Kier molecular flexibility index (Phi) is 3.42. The number of nitrogens with one attached hydrogen (secondary N) is 1. The third kappa shape index (κ3) is 2.45. The summed E-state index contributed by atoms with van der Waals surface area (Å²) >= 11 is 2.21. The van der Waals surface area contributed by atoms with Gasteiger partial charge in [-0.1, -0.05) is 30.3 Å². The number of carbonyl (C=O) groups excluding carboxylic acids is 1. The number of anilines is 1. The van der Waals surface area contributed by atoms with Gasteiger partial charge in [-0.15, -0.1) is 0 Å². The minimum atomic E-state index is -0.229. The summed E-state index contributed by atoms with van der Waals surface area (Å²) in [5, 5.41) is 2.97. The van der Waals surface area contributed by atoms with Gasteiger partial charge < -0.3 is 10.1 Å². The number of hydrogen-bond acceptors (Lipinski definition) is 2. The summed E-state index contributed by atoms with van der Waals surface area (Å²) in [5.41, 5.74) is 1.81. The molecule has 0 bridgehead atoms. The molecule has 2 aromatic carbocycles. The molecule has 1 heterocycles. The Morgan fingerprint density at radius 3 is 2.74 bits per heavy atom. The highest BCUT2D eigenvalue weighted by molar-refractivity contribution is 14.1. The van der Waals surface area contributed by atoms with Gasteiger partial charge in [-0.3, -0.25) is 4.79 Å². The molecule has 0 aliphatic carbocycles. The fourth-order valence-electron chi connectivity index (χ4n) is 2.16. The van der Waals surface area contributed by atoms with Gasteiger partial charge in [0.25, 0.3) is 0 Å². The lowest BCUT2D eigenvalue weighted by Gasteiger charge is -2.11. The van der Waals surface area contributed by atoms with Crippen molar-refractivity contribution < 1.29 is 9.53 Å². The van der Waals surface area contributed by atoms with E-state index in [1.165, 1.54) is 0 Å². The fraction of sp³-hybridized carbons (Fsp3) is 0.133. The molecule has 0 spiro atoms. The number of para-hydroxylation sites is 2. The Bertz CT molecular complexity index is 627. The molecule has 3 nitrogen and oxygen atoms in total. The second-order valence-corrected chi connectivity index (χ2v) is 5.53. The largest absolute Gasteiger partial charge is 0.492 e. The molecule has 1 atom stereocenters. The molecule has 0 fully saturated rings. The molecular weight excluding hydrogens is 353 g/mol. The Hall–Kier alpha value is -1.56. The Morgan fingerprint density at radius 1 is 1.16 bits per heavy atom. The summed E-state index contributed by atoms with van der Waals surface area (Å²) in [6.07, 6.45) is 0. The first-order chi connectivity index (χ1) is 9.25. The molecule has 3 rings (SSSR count). The van der Waals surface area contributed by atoms with Crippen LogP contribution in [0.1, 0.15) is 11.5 Å². The molecule has 0 aromatic heterocycles. The molecule has 19 heavy (non-hydrogen) atoms. The maximum absolute atomic E-state index is 12.3. The first-order valence-electron chi connectivity index (χ1n) is 6.03. The topological polar surface area (TPSA) is 38.3 Å². The van der Waals surface area contributed by atoms with Crippen LogP contribution in [0.3, 0.4) is 0 Å². The molecule has 0 saturated carbocycles. The molecule has 0 radical (unpaired) electrons. The molecule has 1 amide bonds. The number of halogens is 1. The molecule has 1 aliphatic heterocycles.